The van der Waals surface area contributed by atoms with E-state index in [0.717, 1.165) is 12.1 Å². The van der Waals surface area contributed by atoms with Crippen LogP contribution in [0.2, 0.25) is 0 Å². The third-order valence-corrected chi connectivity index (χ3v) is 1.83. The lowest BCUT2D eigenvalue weighted by atomic mass is 10.2. The van der Waals surface area contributed by atoms with Crippen molar-refractivity contribution >= 4 is 11.6 Å². The Balaban J connectivity index is 2.78. The summed E-state index contributed by atoms with van der Waals surface area (Å²) in [6.07, 6.45) is 0. The highest BCUT2D eigenvalue weighted by atomic mass is 19.3. The number of halogens is 3. The number of rotatable bonds is 4. The fourth-order valence-electron chi connectivity index (χ4n) is 1.03. The van der Waals surface area contributed by atoms with Gasteiger partial charge in [-0.2, -0.15) is 8.78 Å². The summed E-state index contributed by atoms with van der Waals surface area (Å²) in [5, 5.41) is 2.32. The van der Waals surface area contributed by atoms with E-state index in [2.05, 4.69) is 10.1 Å². The van der Waals surface area contributed by atoms with Gasteiger partial charge in [0, 0.05) is 11.8 Å². The van der Waals surface area contributed by atoms with E-state index < -0.39 is 30.1 Å². The van der Waals surface area contributed by atoms with Gasteiger partial charge in [-0.25, -0.2) is 4.39 Å². The third-order valence-electron chi connectivity index (χ3n) is 1.83. The van der Waals surface area contributed by atoms with E-state index >= 15 is 0 Å². The largest absolute Gasteiger partial charge is 0.432 e. The van der Waals surface area contributed by atoms with Crippen LogP contribution in [0, 0.1) is 5.82 Å². The maximum Gasteiger partial charge on any atom is 0.387 e. The zero-order valence-corrected chi connectivity index (χ0v) is 8.91. The van der Waals surface area contributed by atoms with Gasteiger partial charge in [0.15, 0.2) is 11.6 Å². The van der Waals surface area contributed by atoms with Crippen molar-refractivity contribution in [2.45, 2.75) is 19.6 Å². The van der Waals surface area contributed by atoms with E-state index in [4.69, 9.17) is 5.73 Å². The van der Waals surface area contributed by atoms with Crippen LogP contribution in [0.1, 0.15) is 6.92 Å². The molecule has 7 heteroatoms. The molecule has 0 aromatic heterocycles. The molecule has 0 aliphatic heterocycles. The van der Waals surface area contributed by atoms with Gasteiger partial charge in [-0.05, 0) is 19.1 Å². The van der Waals surface area contributed by atoms with E-state index in [1.165, 1.54) is 13.0 Å². The van der Waals surface area contributed by atoms with Crippen molar-refractivity contribution in [1.82, 2.24) is 0 Å². The maximum absolute atomic E-state index is 13.2. The first-order chi connectivity index (χ1) is 7.90. The molecule has 0 saturated carbocycles. The number of benzene rings is 1. The Morgan fingerprint density at radius 1 is 1.47 bits per heavy atom. The first-order valence-electron chi connectivity index (χ1n) is 4.71. The number of nitrogens with two attached hydrogens (primary N) is 1. The molecule has 0 radical (unpaired) electrons. The van der Waals surface area contributed by atoms with E-state index in [9.17, 15) is 18.0 Å². The number of nitrogens with one attached hydrogen (secondary N) is 1. The Hall–Kier alpha value is -1.76. The first kappa shape index (κ1) is 13.3. The highest BCUT2D eigenvalue weighted by Crippen LogP contribution is 2.22. The van der Waals surface area contributed by atoms with Crippen LogP contribution in [0.5, 0.6) is 5.75 Å². The molecule has 1 aromatic carbocycles. The molecule has 0 heterocycles. The predicted octanol–water partition coefficient (Wildman–Crippen LogP) is 1.71. The van der Waals surface area contributed by atoms with Crippen LogP contribution in [-0.4, -0.2) is 18.6 Å². The minimum absolute atomic E-state index is 0.117. The highest BCUT2D eigenvalue weighted by Gasteiger charge is 2.12. The lowest BCUT2D eigenvalue weighted by molar-refractivity contribution is -0.117. The quantitative estimate of drug-likeness (QED) is 0.852. The molecule has 0 fully saturated rings. The van der Waals surface area contributed by atoms with Gasteiger partial charge in [-0.3, -0.25) is 4.79 Å². The molecule has 0 spiro atoms. The Morgan fingerprint density at radius 2 is 2.12 bits per heavy atom. The molecule has 0 saturated heterocycles. The molecule has 1 unspecified atom stereocenters. The summed E-state index contributed by atoms with van der Waals surface area (Å²) < 4.78 is 40.8. The predicted molar refractivity (Wildman–Crippen MR) is 55.3 cm³/mol. The van der Waals surface area contributed by atoms with Gasteiger partial charge in [0.1, 0.15) is 0 Å². The zero-order chi connectivity index (χ0) is 13.0. The van der Waals surface area contributed by atoms with Gasteiger partial charge in [0.2, 0.25) is 5.91 Å². The van der Waals surface area contributed by atoms with Crippen molar-refractivity contribution in [3.05, 3.63) is 24.0 Å². The van der Waals surface area contributed by atoms with E-state index in [1.807, 2.05) is 0 Å². The molecule has 17 heavy (non-hydrogen) atoms. The molecule has 94 valence electrons. The van der Waals surface area contributed by atoms with Crippen LogP contribution >= 0.6 is 0 Å². The summed E-state index contributed by atoms with van der Waals surface area (Å²) in [5.74, 6) is -2.08. The molecular formula is C10H11F3N2O2. The van der Waals surface area contributed by atoms with E-state index in [0.29, 0.717) is 0 Å². The lowest BCUT2D eigenvalue weighted by Gasteiger charge is -2.10. The zero-order valence-electron chi connectivity index (χ0n) is 8.91. The second-order valence-electron chi connectivity index (χ2n) is 3.30. The second-order valence-corrected chi connectivity index (χ2v) is 3.30. The molecule has 1 rings (SSSR count). The van der Waals surface area contributed by atoms with Crippen molar-refractivity contribution in [3.63, 3.8) is 0 Å². The smallest absolute Gasteiger partial charge is 0.387 e. The first-order valence-corrected chi connectivity index (χ1v) is 4.71. The van der Waals surface area contributed by atoms with Crippen LogP contribution in [0.4, 0.5) is 18.9 Å². The van der Waals surface area contributed by atoms with E-state index in [-0.39, 0.29) is 5.69 Å². The minimum atomic E-state index is -3.10. The fourth-order valence-corrected chi connectivity index (χ4v) is 1.03. The second kappa shape index (κ2) is 5.53. The lowest BCUT2D eigenvalue weighted by Crippen LogP contribution is -2.32. The molecule has 1 amide bonds. The van der Waals surface area contributed by atoms with Crippen molar-refractivity contribution in [3.8, 4) is 5.75 Å². The molecule has 0 aliphatic rings. The van der Waals surface area contributed by atoms with Crippen LogP contribution in [-0.2, 0) is 4.79 Å². The van der Waals surface area contributed by atoms with Crippen molar-refractivity contribution in [1.29, 1.82) is 0 Å². The molecular weight excluding hydrogens is 237 g/mol. The molecule has 1 aromatic rings. The summed E-state index contributed by atoms with van der Waals surface area (Å²) in [5.41, 5.74) is 5.41. The number of hydrogen-bond acceptors (Lipinski definition) is 3. The normalized spacial score (nSPS) is 12.4. The third kappa shape index (κ3) is 3.95. The Kier molecular flexibility index (Phi) is 4.33. The number of alkyl halides is 2. The summed E-state index contributed by atoms with van der Waals surface area (Å²) >= 11 is 0. The van der Waals surface area contributed by atoms with Gasteiger partial charge < -0.3 is 15.8 Å². The summed E-state index contributed by atoms with van der Waals surface area (Å²) in [6, 6.07) is 2.35. The van der Waals surface area contributed by atoms with Crippen LogP contribution in [0.25, 0.3) is 0 Å². The fraction of sp³-hybridized carbons (Fsp3) is 0.300. The standard InChI is InChI=1S/C10H11F3N2O2/c1-5(14)9(16)15-6-2-3-8(7(11)4-6)17-10(12)13/h2-5,10H,14H2,1H3,(H,15,16). The summed E-state index contributed by atoms with van der Waals surface area (Å²) in [4.78, 5) is 11.2. The number of carbonyl (C=O) groups excluding carboxylic acids is 1. The minimum Gasteiger partial charge on any atom is -0.432 e. The summed E-state index contributed by atoms with van der Waals surface area (Å²) in [7, 11) is 0. The van der Waals surface area contributed by atoms with Gasteiger partial charge in [-0.15, -0.1) is 0 Å². The maximum atomic E-state index is 13.2. The number of anilines is 1. The molecule has 1 atom stereocenters. The van der Waals surface area contributed by atoms with E-state index in [1.54, 1.807) is 0 Å². The van der Waals surface area contributed by atoms with Crippen molar-refractivity contribution < 1.29 is 22.7 Å². The van der Waals surface area contributed by atoms with Crippen LogP contribution < -0.4 is 15.8 Å². The molecule has 0 aliphatic carbocycles. The average Bonchev–Trinajstić information content (AvgIpc) is 2.21. The molecule has 4 nitrogen and oxygen atoms in total. The number of carbonyl (C=O) groups is 1. The monoisotopic (exact) mass is 248 g/mol. The number of ether oxygens (including phenoxy) is 1. The van der Waals surface area contributed by atoms with Gasteiger partial charge in [0.25, 0.3) is 0 Å². The van der Waals surface area contributed by atoms with Gasteiger partial charge in [0.05, 0.1) is 6.04 Å². The Morgan fingerprint density at radius 3 is 2.59 bits per heavy atom. The number of amides is 1. The SMILES string of the molecule is CC(N)C(=O)Nc1ccc(OC(F)F)c(F)c1. The molecule has 0 bridgehead atoms. The summed E-state index contributed by atoms with van der Waals surface area (Å²) in [6.45, 7) is -1.64. The Labute approximate surface area is 95.6 Å². The topological polar surface area (TPSA) is 64.4 Å². The van der Waals surface area contributed by atoms with Crippen LogP contribution in [0.3, 0.4) is 0 Å². The van der Waals surface area contributed by atoms with Gasteiger partial charge >= 0.3 is 6.61 Å². The van der Waals surface area contributed by atoms with Crippen LogP contribution in [0.15, 0.2) is 18.2 Å². The van der Waals surface area contributed by atoms with Gasteiger partial charge in [-0.1, -0.05) is 0 Å². The average molecular weight is 248 g/mol. The van der Waals surface area contributed by atoms with Crippen molar-refractivity contribution in [2.75, 3.05) is 5.32 Å². The van der Waals surface area contributed by atoms with Crippen molar-refractivity contribution in [2.24, 2.45) is 5.73 Å². The number of hydrogen-bond donors (Lipinski definition) is 2. The molecule has 3 N–H and O–H groups in total. The Bertz CT molecular complexity index is 411. The highest BCUT2D eigenvalue weighted by molar-refractivity contribution is 5.94.